The largest absolute Gasteiger partial charge is 0.493 e. The van der Waals surface area contributed by atoms with E-state index in [0.29, 0.717) is 16.8 Å². The van der Waals surface area contributed by atoms with E-state index < -0.39 is 11.9 Å². The van der Waals surface area contributed by atoms with E-state index in [9.17, 15) is 9.18 Å². The van der Waals surface area contributed by atoms with Gasteiger partial charge in [0, 0.05) is 28.3 Å². The zero-order chi connectivity index (χ0) is 17.3. The third-order valence-corrected chi connectivity index (χ3v) is 3.87. The van der Waals surface area contributed by atoms with Gasteiger partial charge in [0.1, 0.15) is 12.0 Å². The summed E-state index contributed by atoms with van der Waals surface area (Å²) in [5.41, 5.74) is 1.66. The minimum absolute atomic E-state index is 0.0244. The molecule has 2 aromatic heterocycles. The number of aromatic nitrogens is 3. The summed E-state index contributed by atoms with van der Waals surface area (Å²) in [7, 11) is 1.33. The van der Waals surface area contributed by atoms with Crippen LogP contribution >= 0.6 is 15.9 Å². The van der Waals surface area contributed by atoms with Gasteiger partial charge in [-0.1, -0.05) is 6.07 Å². The number of carboxylic acid groups (broad SMARTS) is 1. The van der Waals surface area contributed by atoms with E-state index in [4.69, 9.17) is 9.84 Å². The quantitative estimate of drug-likeness (QED) is 0.709. The van der Waals surface area contributed by atoms with Gasteiger partial charge in [0.05, 0.1) is 12.6 Å². The molecule has 0 fully saturated rings. The van der Waals surface area contributed by atoms with Gasteiger partial charge in [-0.2, -0.15) is 5.10 Å². The van der Waals surface area contributed by atoms with E-state index in [1.807, 2.05) is 0 Å². The minimum atomic E-state index is -1.20. The number of methoxy groups -OCH3 is 1. The molecule has 0 aliphatic heterocycles. The van der Waals surface area contributed by atoms with Crippen LogP contribution in [0, 0.1) is 5.82 Å². The van der Waals surface area contributed by atoms with Crippen molar-refractivity contribution in [2.45, 2.75) is 6.54 Å². The van der Waals surface area contributed by atoms with E-state index >= 15 is 0 Å². The summed E-state index contributed by atoms with van der Waals surface area (Å²) in [6.07, 6.45) is 1.87. The lowest BCUT2D eigenvalue weighted by molar-refractivity contribution is 0.194. The maximum atomic E-state index is 14.9. The summed E-state index contributed by atoms with van der Waals surface area (Å²) in [6, 6.07) is 4.92. The van der Waals surface area contributed by atoms with Crippen molar-refractivity contribution in [1.29, 1.82) is 0 Å². The van der Waals surface area contributed by atoms with Gasteiger partial charge in [-0.05, 0) is 28.1 Å². The highest BCUT2D eigenvalue weighted by Gasteiger charge is 2.19. The molecule has 0 unspecified atom stereocenters. The molecule has 0 bridgehead atoms. The van der Waals surface area contributed by atoms with Gasteiger partial charge in [-0.25, -0.2) is 18.7 Å². The number of halogens is 2. The number of amides is 1. The molecule has 2 N–H and O–H groups in total. The monoisotopic (exact) mass is 394 g/mol. The van der Waals surface area contributed by atoms with Crippen molar-refractivity contribution in [3.8, 4) is 17.0 Å². The van der Waals surface area contributed by atoms with E-state index in [-0.39, 0.29) is 17.9 Å². The van der Waals surface area contributed by atoms with Gasteiger partial charge in [-0.15, -0.1) is 0 Å². The topological polar surface area (TPSA) is 88.8 Å². The molecule has 1 aromatic carbocycles. The highest BCUT2D eigenvalue weighted by Crippen LogP contribution is 2.33. The molecule has 124 valence electrons. The SMILES string of the molecule is COc1c(CNC(=O)O)ccc(-c2ncnn3cc(Br)cc23)c1F. The normalized spacial score (nSPS) is 10.8. The summed E-state index contributed by atoms with van der Waals surface area (Å²) in [4.78, 5) is 14.8. The third kappa shape index (κ3) is 2.90. The fourth-order valence-electron chi connectivity index (χ4n) is 2.42. The molecule has 3 rings (SSSR count). The number of benzene rings is 1. The van der Waals surface area contributed by atoms with Gasteiger partial charge in [0.25, 0.3) is 0 Å². The average molecular weight is 395 g/mol. The second kappa shape index (κ2) is 6.44. The second-order valence-electron chi connectivity index (χ2n) is 4.87. The molecule has 7 nitrogen and oxygen atoms in total. The molecule has 0 spiro atoms. The van der Waals surface area contributed by atoms with Crippen molar-refractivity contribution in [3.05, 3.63) is 46.6 Å². The summed E-state index contributed by atoms with van der Waals surface area (Å²) >= 11 is 3.35. The Hall–Kier alpha value is -2.68. The van der Waals surface area contributed by atoms with Gasteiger partial charge in [0.2, 0.25) is 0 Å². The number of carbonyl (C=O) groups is 1. The molecular formula is C15H12BrFN4O3. The van der Waals surface area contributed by atoms with Crippen LogP contribution in [0.3, 0.4) is 0 Å². The Labute approximate surface area is 144 Å². The van der Waals surface area contributed by atoms with Crippen LogP contribution in [-0.4, -0.2) is 32.9 Å². The van der Waals surface area contributed by atoms with E-state index in [2.05, 4.69) is 31.3 Å². The van der Waals surface area contributed by atoms with Crippen molar-refractivity contribution in [2.24, 2.45) is 0 Å². The van der Waals surface area contributed by atoms with Crippen molar-refractivity contribution >= 4 is 27.5 Å². The lowest BCUT2D eigenvalue weighted by Gasteiger charge is -2.13. The first kappa shape index (κ1) is 16.2. The summed E-state index contributed by atoms with van der Waals surface area (Å²) in [5, 5.41) is 15.0. The van der Waals surface area contributed by atoms with Crippen molar-refractivity contribution < 1.29 is 19.0 Å². The summed E-state index contributed by atoms with van der Waals surface area (Å²) in [5.74, 6) is -0.635. The average Bonchev–Trinajstić information content (AvgIpc) is 2.93. The molecule has 0 atom stereocenters. The van der Waals surface area contributed by atoms with Gasteiger partial charge in [0.15, 0.2) is 11.6 Å². The third-order valence-electron chi connectivity index (χ3n) is 3.44. The van der Waals surface area contributed by atoms with Crippen LogP contribution < -0.4 is 10.1 Å². The molecule has 0 saturated carbocycles. The van der Waals surface area contributed by atoms with Crippen LogP contribution in [0.1, 0.15) is 5.56 Å². The van der Waals surface area contributed by atoms with Crippen LogP contribution in [0.25, 0.3) is 16.8 Å². The Bertz CT molecular complexity index is 928. The first-order valence-electron chi connectivity index (χ1n) is 6.82. The Kier molecular flexibility index (Phi) is 4.34. The highest BCUT2D eigenvalue weighted by atomic mass is 79.9. The molecule has 0 aliphatic rings. The first-order chi connectivity index (χ1) is 11.5. The number of rotatable bonds is 4. The molecular weight excluding hydrogens is 383 g/mol. The van der Waals surface area contributed by atoms with Gasteiger partial charge < -0.3 is 15.2 Å². The Balaban J connectivity index is 2.12. The van der Waals surface area contributed by atoms with Crippen LogP contribution in [0.4, 0.5) is 9.18 Å². The molecule has 1 amide bonds. The molecule has 2 heterocycles. The fourth-order valence-corrected chi connectivity index (χ4v) is 2.83. The molecule has 3 aromatic rings. The zero-order valence-corrected chi connectivity index (χ0v) is 14.0. The maximum absolute atomic E-state index is 14.9. The Morgan fingerprint density at radius 1 is 1.50 bits per heavy atom. The van der Waals surface area contributed by atoms with E-state index in [1.54, 1.807) is 28.9 Å². The van der Waals surface area contributed by atoms with E-state index in [1.165, 1.54) is 13.4 Å². The van der Waals surface area contributed by atoms with Gasteiger partial charge in [-0.3, -0.25) is 0 Å². The minimum Gasteiger partial charge on any atom is -0.493 e. The fraction of sp³-hybridized carbons (Fsp3) is 0.133. The van der Waals surface area contributed by atoms with Gasteiger partial charge >= 0.3 is 6.09 Å². The zero-order valence-electron chi connectivity index (χ0n) is 12.5. The standard InChI is InChI=1S/C15H12BrFN4O3/c1-24-14-8(5-18-15(22)23)2-3-10(12(14)17)13-11-4-9(16)6-21(11)20-7-19-13/h2-4,6-7,18H,5H2,1H3,(H,22,23). The Morgan fingerprint density at radius 3 is 3.00 bits per heavy atom. The lowest BCUT2D eigenvalue weighted by atomic mass is 10.1. The first-order valence-corrected chi connectivity index (χ1v) is 7.62. The molecule has 0 saturated heterocycles. The number of ether oxygens (including phenoxy) is 1. The van der Waals surface area contributed by atoms with Crippen LogP contribution in [0.15, 0.2) is 35.2 Å². The Morgan fingerprint density at radius 2 is 2.29 bits per heavy atom. The molecule has 9 heteroatoms. The number of hydrogen-bond acceptors (Lipinski definition) is 4. The van der Waals surface area contributed by atoms with Crippen LogP contribution in [0.2, 0.25) is 0 Å². The summed E-state index contributed by atoms with van der Waals surface area (Å²) < 4.78 is 22.4. The van der Waals surface area contributed by atoms with Crippen molar-refractivity contribution in [1.82, 2.24) is 19.9 Å². The van der Waals surface area contributed by atoms with Crippen LogP contribution in [0.5, 0.6) is 5.75 Å². The molecule has 24 heavy (non-hydrogen) atoms. The summed E-state index contributed by atoms with van der Waals surface area (Å²) in [6.45, 7) is -0.0639. The number of nitrogens with zero attached hydrogens (tertiary/aromatic N) is 3. The predicted octanol–water partition coefficient (Wildman–Crippen LogP) is 3.07. The van der Waals surface area contributed by atoms with Crippen molar-refractivity contribution in [2.75, 3.05) is 7.11 Å². The number of nitrogens with one attached hydrogen (secondary N) is 1. The number of fused-ring (bicyclic) bond motifs is 1. The molecule has 0 aliphatic carbocycles. The molecule has 0 radical (unpaired) electrons. The number of hydrogen-bond donors (Lipinski definition) is 2. The predicted molar refractivity (Wildman–Crippen MR) is 87.5 cm³/mol. The maximum Gasteiger partial charge on any atom is 0.404 e. The second-order valence-corrected chi connectivity index (χ2v) is 5.79. The smallest absolute Gasteiger partial charge is 0.404 e. The lowest BCUT2D eigenvalue weighted by Crippen LogP contribution is -2.20. The van der Waals surface area contributed by atoms with Crippen molar-refractivity contribution in [3.63, 3.8) is 0 Å². The highest BCUT2D eigenvalue weighted by molar-refractivity contribution is 9.10. The van der Waals surface area contributed by atoms with Crippen LogP contribution in [-0.2, 0) is 6.54 Å². The van der Waals surface area contributed by atoms with E-state index in [0.717, 1.165) is 4.47 Å².